The first kappa shape index (κ1) is 24.1. The highest BCUT2D eigenvalue weighted by Crippen LogP contribution is 2.46. The second kappa shape index (κ2) is 9.54. The molecule has 0 aliphatic carbocycles. The van der Waals surface area contributed by atoms with Crippen molar-refractivity contribution in [2.24, 2.45) is 0 Å². The van der Waals surface area contributed by atoms with E-state index in [2.05, 4.69) is 41.7 Å². The highest BCUT2D eigenvalue weighted by atomic mass is 79.9. The fraction of sp³-hybridized carbons (Fsp3) is 0.478. The van der Waals surface area contributed by atoms with Crippen molar-refractivity contribution in [3.8, 4) is 22.8 Å². The topological polar surface area (TPSA) is 90.2 Å². The van der Waals surface area contributed by atoms with Crippen molar-refractivity contribution in [1.29, 1.82) is 0 Å². The van der Waals surface area contributed by atoms with Gasteiger partial charge in [-0.3, -0.25) is 9.47 Å². The molecule has 0 saturated heterocycles. The van der Waals surface area contributed by atoms with Gasteiger partial charge in [0.15, 0.2) is 16.9 Å². The Morgan fingerprint density at radius 3 is 2.56 bits per heavy atom. The molecule has 1 aliphatic rings. The molecule has 0 radical (unpaired) electrons. The molecule has 1 aromatic carbocycles. The molecule has 3 rings (SSSR count). The molecule has 32 heavy (non-hydrogen) atoms. The number of hydrogen-bond acceptors (Lipinski definition) is 6. The van der Waals surface area contributed by atoms with E-state index >= 15 is 0 Å². The van der Waals surface area contributed by atoms with Gasteiger partial charge in [0.25, 0.3) is 0 Å². The summed E-state index contributed by atoms with van der Waals surface area (Å²) in [6.07, 6.45) is 2.95. The molecule has 174 valence electrons. The molecule has 0 atom stereocenters. The summed E-state index contributed by atoms with van der Waals surface area (Å²) in [6, 6.07) is 3.22. The molecule has 0 unspecified atom stereocenters. The number of aromatic nitrogens is 1. The summed E-state index contributed by atoms with van der Waals surface area (Å²) in [5.41, 5.74) is 1.22. The van der Waals surface area contributed by atoms with Gasteiger partial charge in [-0.2, -0.15) is 0 Å². The lowest BCUT2D eigenvalue weighted by Crippen LogP contribution is -2.52. The molecule has 0 spiro atoms. The van der Waals surface area contributed by atoms with E-state index in [0.717, 1.165) is 28.4 Å². The SMILES string of the molecule is CCC(C)(C)N1Cc2c(cc(OC)c(OCCCOC)c2Br)-c2cc(=O)c(C(=O)O)cn21. The molecule has 2 aromatic rings. The fourth-order valence-corrected chi connectivity index (χ4v) is 4.34. The number of carboxylic acids is 1. The second-order valence-electron chi connectivity index (χ2n) is 8.25. The van der Waals surface area contributed by atoms with E-state index in [1.54, 1.807) is 18.9 Å². The van der Waals surface area contributed by atoms with Crippen molar-refractivity contribution in [1.82, 2.24) is 4.68 Å². The molecule has 9 heteroatoms. The number of carbonyl (C=O) groups is 1. The van der Waals surface area contributed by atoms with E-state index in [4.69, 9.17) is 14.2 Å². The highest BCUT2D eigenvalue weighted by Gasteiger charge is 2.34. The van der Waals surface area contributed by atoms with Crippen LogP contribution in [0.4, 0.5) is 0 Å². The maximum atomic E-state index is 12.6. The van der Waals surface area contributed by atoms with Gasteiger partial charge in [0.2, 0.25) is 0 Å². The van der Waals surface area contributed by atoms with Crippen molar-refractivity contribution in [3.05, 3.63) is 44.2 Å². The van der Waals surface area contributed by atoms with Gasteiger partial charge in [-0.15, -0.1) is 0 Å². The Bertz CT molecular complexity index is 1080. The quantitative estimate of drug-likeness (QED) is 0.511. The largest absolute Gasteiger partial charge is 0.493 e. The summed E-state index contributed by atoms with van der Waals surface area (Å²) in [5, 5.41) is 11.6. The Hall–Kier alpha value is -2.52. The van der Waals surface area contributed by atoms with Crippen LogP contribution in [0.1, 0.15) is 49.5 Å². The third-order valence-electron chi connectivity index (χ3n) is 5.92. The normalized spacial score (nSPS) is 12.9. The van der Waals surface area contributed by atoms with E-state index in [1.807, 2.05) is 6.07 Å². The van der Waals surface area contributed by atoms with Crippen LogP contribution >= 0.6 is 15.9 Å². The number of benzene rings is 1. The minimum atomic E-state index is -1.25. The Kier molecular flexibility index (Phi) is 7.19. The number of aromatic carboxylic acids is 1. The molecule has 0 fully saturated rings. The molecule has 0 bridgehead atoms. The molecule has 1 aliphatic heterocycles. The van der Waals surface area contributed by atoms with E-state index in [9.17, 15) is 14.7 Å². The van der Waals surface area contributed by atoms with E-state index in [-0.39, 0.29) is 11.1 Å². The van der Waals surface area contributed by atoms with Gasteiger partial charge in [-0.05, 0) is 42.3 Å². The standard InChI is InChI=1S/C23H29BrN2O6/c1-6-23(2,3)26-13-15-14(17-11-18(27)16(22(28)29)12-25(17)26)10-19(31-5)21(20(15)24)32-9-7-8-30-4/h10-12H,6-9,13H2,1-5H3,(H,28,29). The lowest BCUT2D eigenvalue weighted by Gasteiger charge is -2.45. The van der Waals surface area contributed by atoms with Gasteiger partial charge in [-0.1, -0.05) is 6.92 Å². The number of carboxylic acid groups (broad SMARTS) is 1. The van der Waals surface area contributed by atoms with Gasteiger partial charge < -0.3 is 24.3 Å². The number of pyridine rings is 1. The Balaban J connectivity index is 2.23. The maximum absolute atomic E-state index is 12.6. The first-order valence-corrected chi connectivity index (χ1v) is 11.2. The first-order chi connectivity index (χ1) is 15.2. The third kappa shape index (κ3) is 4.36. The highest BCUT2D eigenvalue weighted by molar-refractivity contribution is 9.10. The van der Waals surface area contributed by atoms with Crippen LogP contribution in [0.15, 0.2) is 27.6 Å². The van der Waals surface area contributed by atoms with Crippen LogP contribution in [0.5, 0.6) is 11.5 Å². The summed E-state index contributed by atoms with van der Waals surface area (Å²) in [6.45, 7) is 7.78. The average Bonchev–Trinajstić information content (AvgIpc) is 2.76. The molecule has 8 nitrogen and oxygen atoms in total. The second-order valence-corrected chi connectivity index (χ2v) is 9.05. The molecule has 1 aromatic heterocycles. The van der Waals surface area contributed by atoms with Gasteiger partial charge in [0, 0.05) is 43.5 Å². The van der Waals surface area contributed by atoms with Crippen LogP contribution in [0.25, 0.3) is 11.3 Å². The number of rotatable bonds is 9. The zero-order chi connectivity index (χ0) is 23.6. The molecule has 0 amide bonds. The van der Waals surface area contributed by atoms with E-state index < -0.39 is 11.4 Å². The fourth-order valence-electron chi connectivity index (χ4n) is 3.69. The van der Waals surface area contributed by atoms with Crippen LogP contribution < -0.4 is 19.9 Å². The lowest BCUT2D eigenvalue weighted by atomic mass is 9.95. The third-order valence-corrected chi connectivity index (χ3v) is 6.76. The number of nitrogens with zero attached hydrogens (tertiary/aromatic N) is 2. The van der Waals surface area contributed by atoms with Gasteiger partial charge in [-0.25, -0.2) is 4.79 Å². The van der Waals surface area contributed by atoms with E-state index in [0.29, 0.717) is 37.0 Å². The summed E-state index contributed by atoms with van der Waals surface area (Å²) < 4.78 is 19.2. The zero-order valence-corrected chi connectivity index (χ0v) is 20.6. The zero-order valence-electron chi connectivity index (χ0n) is 19.0. The first-order valence-electron chi connectivity index (χ1n) is 10.5. The van der Waals surface area contributed by atoms with Crippen molar-refractivity contribution in [3.63, 3.8) is 0 Å². The maximum Gasteiger partial charge on any atom is 0.341 e. The van der Waals surface area contributed by atoms with Gasteiger partial charge in [0.1, 0.15) is 5.56 Å². The summed E-state index contributed by atoms with van der Waals surface area (Å²) in [7, 11) is 3.21. The molecule has 1 N–H and O–H groups in total. The van der Waals surface area contributed by atoms with Gasteiger partial charge >= 0.3 is 5.97 Å². The Labute approximate surface area is 195 Å². The number of hydrogen-bond donors (Lipinski definition) is 1. The molecular formula is C23H29BrN2O6. The minimum Gasteiger partial charge on any atom is -0.493 e. The van der Waals surface area contributed by atoms with Crippen molar-refractivity contribution >= 4 is 21.9 Å². The predicted octanol–water partition coefficient (Wildman–Crippen LogP) is 4.04. The summed E-state index contributed by atoms with van der Waals surface area (Å²) in [5.74, 6) is -0.129. The van der Waals surface area contributed by atoms with Crippen molar-refractivity contribution in [2.75, 3.05) is 32.4 Å². The molecular weight excluding hydrogens is 480 g/mol. The molecule has 2 heterocycles. The van der Waals surface area contributed by atoms with Crippen LogP contribution in [0.2, 0.25) is 0 Å². The number of halogens is 1. The lowest BCUT2D eigenvalue weighted by molar-refractivity contribution is 0.0694. The van der Waals surface area contributed by atoms with Crippen LogP contribution in [0.3, 0.4) is 0 Å². The average molecular weight is 509 g/mol. The van der Waals surface area contributed by atoms with Crippen LogP contribution in [-0.2, 0) is 11.3 Å². The smallest absolute Gasteiger partial charge is 0.341 e. The Morgan fingerprint density at radius 1 is 1.25 bits per heavy atom. The van der Waals surface area contributed by atoms with Crippen LogP contribution in [0, 0.1) is 0 Å². The monoisotopic (exact) mass is 508 g/mol. The van der Waals surface area contributed by atoms with E-state index in [1.165, 1.54) is 12.3 Å². The number of methoxy groups -OCH3 is 2. The van der Waals surface area contributed by atoms with Gasteiger partial charge in [0.05, 0.1) is 36.0 Å². The number of fused-ring (bicyclic) bond motifs is 3. The summed E-state index contributed by atoms with van der Waals surface area (Å²) >= 11 is 3.71. The minimum absolute atomic E-state index is 0.266. The predicted molar refractivity (Wildman–Crippen MR) is 126 cm³/mol. The Morgan fingerprint density at radius 2 is 1.97 bits per heavy atom. The van der Waals surface area contributed by atoms with Crippen molar-refractivity contribution in [2.45, 2.75) is 45.7 Å². The molecule has 0 saturated carbocycles. The van der Waals surface area contributed by atoms with Crippen molar-refractivity contribution < 1.29 is 24.1 Å². The number of ether oxygens (including phenoxy) is 3. The summed E-state index contributed by atoms with van der Waals surface area (Å²) in [4.78, 5) is 24.2. The van der Waals surface area contributed by atoms with Crippen LogP contribution in [-0.4, -0.2) is 48.7 Å².